The largest absolute Gasteiger partial charge is 0.399 e. The molecule has 1 aromatic carbocycles. The summed E-state index contributed by atoms with van der Waals surface area (Å²) in [7, 11) is 1.88. The molecule has 1 amide bonds. The van der Waals surface area contributed by atoms with E-state index in [0.717, 1.165) is 35.3 Å². The number of rotatable bonds is 4. The van der Waals surface area contributed by atoms with Crippen molar-refractivity contribution >= 4 is 11.6 Å². The van der Waals surface area contributed by atoms with Crippen molar-refractivity contribution in [3.05, 3.63) is 47.3 Å². The molecule has 1 aromatic heterocycles. The highest BCUT2D eigenvalue weighted by atomic mass is 16.2. The molecule has 0 bridgehead atoms. The maximum absolute atomic E-state index is 12.5. The second-order valence-corrected chi connectivity index (χ2v) is 5.80. The first-order valence-electron chi connectivity index (χ1n) is 7.15. The smallest absolute Gasteiger partial charge is 0.230 e. The Morgan fingerprint density at radius 3 is 2.57 bits per heavy atom. The molecular formula is C16H20N4O. The van der Waals surface area contributed by atoms with Crippen LogP contribution in [-0.2, 0) is 23.8 Å². The Hall–Kier alpha value is -2.30. The van der Waals surface area contributed by atoms with E-state index >= 15 is 0 Å². The van der Waals surface area contributed by atoms with Crippen LogP contribution in [0.5, 0.6) is 0 Å². The van der Waals surface area contributed by atoms with Gasteiger partial charge in [-0.25, -0.2) is 0 Å². The topological polar surface area (TPSA) is 72.9 Å². The lowest BCUT2D eigenvalue weighted by atomic mass is 9.94. The Kier molecular flexibility index (Phi) is 3.20. The molecule has 2 aromatic rings. The van der Waals surface area contributed by atoms with E-state index in [1.54, 1.807) is 4.68 Å². The zero-order chi connectivity index (χ0) is 15.0. The molecule has 1 saturated carbocycles. The van der Waals surface area contributed by atoms with Gasteiger partial charge in [0, 0.05) is 31.0 Å². The van der Waals surface area contributed by atoms with Crippen molar-refractivity contribution < 1.29 is 4.79 Å². The van der Waals surface area contributed by atoms with Crippen molar-refractivity contribution in [2.75, 3.05) is 5.73 Å². The van der Waals surface area contributed by atoms with E-state index < -0.39 is 0 Å². The lowest BCUT2D eigenvalue weighted by Gasteiger charge is -2.15. The summed E-state index contributed by atoms with van der Waals surface area (Å²) in [4.78, 5) is 12.5. The van der Waals surface area contributed by atoms with Gasteiger partial charge in [-0.2, -0.15) is 5.10 Å². The average Bonchev–Trinajstić information content (AvgIpc) is 3.19. The maximum Gasteiger partial charge on any atom is 0.230 e. The molecule has 5 heteroatoms. The number of nitrogens with one attached hydrogen (secondary N) is 1. The molecule has 0 atom stereocenters. The second-order valence-electron chi connectivity index (χ2n) is 5.80. The molecule has 1 aliphatic rings. The number of hydrogen-bond acceptors (Lipinski definition) is 3. The van der Waals surface area contributed by atoms with E-state index in [0.29, 0.717) is 6.54 Å². The molecule has 0 spiro atoms. The molecule has 21 heavy (non-hydrogen) atoms. The predicted molar refractivity (Wildman–Crippen MR) is 81.6 cm³/mol. The van der Waals surface area contributed by atoms with Crippen molar-refractivity contribution in [3.63, 3.8) is 0 Å². The summed E-state index contributed by atoms with van der Waals surface area (Å²) in [6.07, 6.45) is 3.74. The monoisotopic (exact) mass is 284 g/mol. The fraction of sp³-hybridized carbons (Fsp3) is 0.375. The highest BCUT2D eigenvalue weighted by Crippen LogP contribution is 2.48. The Morgan fingerprint density at radius 1 is 1.38 bits per heavy atom. The number of hydrogen-bond donors (Lipinski definition) is 2. The summed E-state index contributed by atoms with van der Waals surface area (Å²) in [6.45, 7) is 2.48. The van der Waals surface area contributed by atoms with Gasteiger partial charge in [0.05, 0.1) is 11.1 Å². The number of carbonyl (C=O) groups excluding carboxylic acids is 1. The number of anilines is 1. The van der Waals surface area contributed by atoms with Crippen LogP contribution >= 0.6 is 0 Å². The van der Waals surface area contributed by atoms with E-state index in [2.05, 4.69) is 10.4 Å². The van der Waals surface area contributed by atoms with Crippen molar-refractivity contribution in [2.45, 2.75) is 31.7 Å². The molecule has 3 N–H and O–H groups in total. The van der Waals surface area contributed by atoms with Crippen molar-refractivity contribution in [1.29, 1.82) is 0 Å². The lowest BCUT2D eigenvalue weighted by molar-refractivity contribution is -0.123. The lowest BCUT2D eigenvalue weighted by Crippen LogP contribution is -2.34. The molecule has 5 nitrogen and oxygen atoms in total. The summed E-state index contributed by atoms with van der Waals surface area (Å²) in [5, 5.41) is 7.33. The summed E-state index contributed by atoms with van der Waals surface area (Å²) >= 11 is 0. The van der Waals surface area contributed by atoms with Crippen LogP contribution in [0.3, 0.4) is 0 Å². The molecule has 0 aliphatic heterocycles. The quantitative estimate of drug-likeness (QED) is 0.839. The number of amides is 1. The molecule has 3 rings (SSSR count). The molecule has 110 valence electrons. The molecule has 0 unspecified atom stereocenters. The fourth-order valence-electron chi connectivity index (χ4n) is 2.74. The third kappa shape index (κ3) is 2.51. The van der Waals surface area contributed by atoms with Crippen LogP contribution in [0.1, 0.15) is 29.7 Å². The minimum atomic E-state index is -0.357. The molecule has 1 fully saturated rings. The van der Waals surface area contributed by atoms with E-state index in [4.69, 9.17) is 5.73 Å². The van der Waals surface area contributed by atoms with Gasteiger partial charge < -0.3 is 11.1 Å². The first kappa shape index (κ1) is 13.7. The minimum absolute atomic E-state index is 0.0931. The Labute approximate surface area is 124 Å². The summed E-state index contributed by atoms with van der Waals surface area (Å²) in [5.41, 5.74) is 9.14. The van der Waals surface area contributed by atoms with Gasteiger partial charge in [-0.05, 0) is 37.5 Å². The van der Waals surface area contributed by atoms with E-state index in [-0.39, 0.29) is 11.3 Å². The van der Waals surface area contributed by atoms with Crippen molar-refractivity contribution in [2.24, 2.45) is 7.05 Å². The van der Waals surface area contributed by atoms with E-state index in [9.17, 15) is 4.79 Å². The van der Waals surface area contributed by atoms with Crippen molar-refractivity contribution in [3.8, 4) is 0 Å². The highest BCUT2D eigenvalue weighted by Gasteiger charge is 2.51. The number of nitrogen functional groups attached to an aromatic ring is 1. The van der Waals surface area contributed by atoms with Crippen LogP contribution < -0.4 is 11.1 Å². The van der Waals surface area contributed by atoms with Gasteiger partial charge >= 0.3 is 0 Å². The van der Waals surface area contributed by atoms with Crippen LogP contribution in [0.25, 0.3) is 0 Å². The fourth-order valence-corrected chi connectivity index (χ4v) is 2.74. The molecule has 1 heterocycles. The number of nitrogens with two attached hydrogens (primary N) is 1. The third-order valence-electron chi connectivity index (χ3n) is 4.20. The summed E-state index contributed by atoms with van der Waals surface area (Å²) < 4.78 is 1.77. The van der Waals surface area contributed by atoms with Gasteiger partial charge in [-0.3, -0.25) is 9.48 Å². The van der Waals surface area contributed by atoms with Crippen LogP contribution in [0.2, 0.25) is 0 Å². The third-order valence-corrected chi connectivity index (χ3v) is 4.20. The predicted octanol–water partition coefficient (Wildman–Crippen LogP) is 1.66. The first-order valence-corrected chi connectivity index (χ1v) is 7.15. The van der Waals surface area contributed by atoms with Crippen LogP contribution in [0.4, 0.5) is 5.69 Å². The molecule has 0 saturated heterocycles. The van der Waals surface area contributed by atoms with E-state index in [1.165, 1.54) is 0 Å². The normalized spacial score (nSPS) is 15.7. The van der Waals surface area contributed by atoms with Crippen molar-refractivity contribution in [1.82, 2.24) is 15.1 Å². The Morgan fingerprint density at radius 2 is 2.05 bits per heavy atom. The standard InChI is InChI=1S/C16H20N4O/c1-11-12(10-20(2)19-11)9-18-15(21)16(7-8-16)13-3-5-14(17)6-4-13/h3-6,10H,7-9,17H2,1-2H3,(H,18,21). The number of aryl methyl sites for hydroxylation is 2. The Bertz CT molecular complexity index is 668. The Balaban J connectivity index is 1.70. The van der Waals surface area contributed by atoms with Gasteiger partial charge in [0.1, 0.15) is 0 Å². The number of aromatic nitrogens is 2. The SMILES string of the molecule is Cc1nn(C)cc1CNC(=O)C1(c2ccc(N)cc2)CC1. The maximum atomic E-state index is 12.5. The minimum Gasteiger partial charge on any atom is -0.399 e. The molecular weight excluding hydrogens is 264 g/mol. The van der Waals surface area contributed by atoms with Crippen LogP contribution in [-0.4, -0.2) is 15.7 Å². The van der Waals surface area contributed by atoms with Crippen LogP contribution in [0.15, 0.2) is 30.5 Å². The average molecular weight is 284 g/mol. The number of carbonyl (C=O) groups is 1. The van der Waals surface area contributed by atoms with E-state index in [1.807, 2.05) is 44.4 Å². The van der Waals surface area contributed by atoms with Gasteiger partial charge in [-0.1, -0.05) is 12.1 Å². The number of nitrogens with zero attached hydrogens (tertiary/aromatic N) is 2. The summed E-state index contributed by atoms with van der Waals surface area (Å²) in [5.74, 6) is 0.0931. The molecule has 1 aliphatic carbocycles. The van der Waals surface area contributed by atoms with Gasteiger partial charge in [0.25, 0.3) is 0 Å². The number of benzene rings is 1. The summed E-state index contributed by atoms with van der Waals surface area (Å²) in [6, 6.07) is 7.62. The first-order chi connectivity index (χ1) is 10.0. The molecule has 0 radical (unpaired) electrons. The van der Waals surface area contributed by atoms with Gasteiger partial charge in [-0.15, -0.1) is 0 Å². The highest BCUT2D eigenvalue weighted by molar-refractivity contribution is 5.91. The zero-order valence-corrected chi connectivity index (χ0v) is 12.4. The van der Waals surface area contributed by atoms with Gasteiger partial charge in [0.15, 0.2) is 0 Å². The second kappa shape index (κ2) is 4.91. The van der Waals surface area contributed by atoms with Gasteiger partial charge in [0.2, 0.25) is 5.91 Å². The zero-order valence-electron chi connectivity index (χ0n) is 12.4. The van der Waals surface area contributed by atoms with Crippen LogP contribution in [0, 0.1) is 6.92 Å².